The van der Waals surface area contributed by atoms with Gasteiger partial charge in [-0.2, -0.15) is 8.78 Å². The van der Waals surface area contributed by atoms with Crippen molar-refractivity contribution in [3.63, 3.8) is 0 Å². The number of rotatable bonds is 11. The van der Waals surface area contributed by atoms with Gasteiger partial charge < -0.3 is 4.74 Å². The molecule has 2 fully saturated rings. The normalized spacial score (nSPS) is 22.1. The molecular formula is C37H39F9O. The lowest BCUT2D eigenvalue weighted by Crippen LogP contribution is -2.25. The van der Waals surface area contributed by atoms with E-state index in [4.69, 9.17) is 0 Å². The molecule has 0 aromatic heterocycles. The zero-order chi connectivity index (χ0) is 33.9. The summed E-state index contributed by atoms with van der Waals surface area (Å²) in [5.41, 5.74) is -3.30. The van der Waals surface area contributed by atoms with Crippen LogP contribution in [0.5, 0.6) is 5.75 Å². The van der Waals surface area contributed by atoms with Crippen molar-refractivity contribution in [2.45, 2.75) is 102 Å². The Labute approximate surface area is 269 Å². The Morgan fingerprint density at radius 1 is 0.702 bits per heavy atom. The van der Waals surface area contributed by atoms with Crippen molar-refractivity contribution in [2.75, 3.05) is 0 Å². The van der Waals surface area contributed by atoms with Crippen molar-refractivity contribution in [1.82, 2.24) is 0 Å². The lowest BCUT2D eigenvalue weighted by atomic mass is 9.68. The van der Waals surface area contributed by atoms with Crippen molar-refractivity contribution >= 4 is 0 Å². The van der Waals surface area contributed by atoms with Crippen LogP contribution in [0.1, 0.15) is 113 Å². The lowest BCUT2D eigenvalue weighted by Gasteiger charge is -2.38. The Balaban J connectivity index is 1.23. The summed E-state index contributed by atoms with van der Waals surface area (Å²) in [5.74, 6) is -6.94. The SMILES string of the molecule is CCCCCC1CCC(C2CCC(c3ccc(-c4cc(F)c(C(F)(F)Oc5cc(F)c(C(F)F)c(F)c5)c(F)c4)c(F)c3)CC2)CC1. The highest BCUT2D eigenvalue weighted by atomic mass is 19.3. The van der Waals surface area contributed by atoms with Gasteiger partial charge in [0.05, 0.1) is 5.56 Å². The number of ether oxygens (including phenoxy) is 1. The average Bonchev–Trinajstić information content (AvgIpc) is 3.00. The van der Waals surface area contributed by atoms with Gasteiger partial charge in [0.1, 0.15) is 40.4 Å². The van der Waals surface area contributed by atoms with E-state index in [9.17, 15) is 35.1 Å². The standard InChI is InChI=1S/C37H39F9O/c1-2-3-4-5-21-6-8-22(9-7-21)23-10-12-24(13-11-23)25-14-15-28(29(38)16-25)26-17-32(41)35(33(42)18-26)37(45,46)47-27-19-30(39)34(36(43)44)31(40)20-27/h14-24,36H,2-13H2,1H3. The molecule has 5 rings (SSSR count). The van der Waals surface area contributed by atoms with Crippen LogP contribution in [0.15, 0.2) is 42.5 Å². The molecule has 10 heteroatoms. The van der Waals surface area contributed by atoms with E-state index in [2.05, 4.69) is 11.7 Å². The molecule has 2 aliphatic carbocycles. The Kier molecular flexibility index (Phi) is 11.2. The lowest BCUT2D eigenvalue weighted by molar-refractivity contribution is -0.189. The highest BCUT2D eigenvalue weighted by Gasteiger charge is 2.42. The van der Waals surface area contributed by atoms with E-state index in [1.807, 2.05) is 0 Å². The fraction of sp³-hybridized carbons (Fsp3) is 0.514. The van der Waals surface area contributed by atoms with Crippen LogP contribution in [-0.4, -0.2) is 0 Å². The molecule has 0 spiro atoms. The number of hydrogen-bond donors (Lipinski definition) is 0. The average molecular weight is 671 g/mol. The van der Waals surface area contributed by atoms with Crippen LogP contribution in [0.3, 0.4) is 0 Å². The van der Waals surface area contributed by atoms with E-state index >= 15 is 4.39 Å². The Morgan fingerprint density at radius 2 is 1.28 bits per heavy atom. The van der Waals surface area contributed by atoms with Crippen LogP contribution >= 0.6 is 0 Å². The molecule has 47 heavy (non-hydrogen) atoms. The van der Waals surface area contributed by atoms with E-state index in [0.717, 1.165) is 43.1 Å². The molecule has 0 unspecified atom stereocenters. The number of unbranched alkanes of at least 4 members (excludes halogenated alkanes) is 2. The molecule has 0 atom stereocenters. The second-order valence-corrected chi connectivity index (χ2v) is 13.2. The van der Waals surface area contributed by atoms with Crippen LogP contribution in [0.4, 0.5) is 39.5 Å². The Hall–Kier alpha value is -3.17. The summed E-state index contributed by atoms with van der Waals surface area (Å²) in [5, 5.41) is 0. The van der Waals surface area contributed by atoms with Gasteiger partial charge in [0.25, 0.3) is 6.43 Å². The van der Waals surface area contributed by atoms with Crippen molar-refractivity contribution in [1.29, 1.82) is 0 Å². The van der Waals surface area contributed by atoms with E-state index in [1.54, 1.807) is 6.07 Å². The molecule has 2 saturated carbocycles. The molecule has 0 amide bonds. The predicted molar refractivity (Wildman–Crippen MR) is 162 cm³/mol. The van der Waals surface area contributed by atoms with Gasteiger partial charge in [0.2, 0.25) is 0 Å². The van der Waals surface area contributed by atoms with Gasteiger partial charge in [-0.15, -0.1) is 0 Å². The molecule has 2 aliphatic rings. The fourth-order valence-electron chi connectivity index (χ4n) is 7.61. The second kappa shape index (κ2) is 14.9. The third-order valence-corrected chi connectivity index (χ3v) is 10.2. The molecule has 0 aliphatic heterocycles. The molecule has 1 nitrogen and oxygen atoms in total. The van der Waals surface area contributed by atoms with Gasteiger partial charge in [-0.3, -0.25) is 0 Å². The third kappa shape index (κ3) is 8.11. The minimum atomic E-state index is -4.80. The maximum absolute atomic E-state index is 15.3. The molecule has 3 aromatic rings. The number of halogens is 9. The summed E-state index contributed by atoms with van der Waals surface area (Å²) >= 11 is 0. The van der Waals surface area contributed by atoms with Gasteiger partial charge in [0.15, 0.2) is 0 Å². The van der Waals surface area contributed by atoms with Gasteiger partial charge in [-0.05, 0) is 91.5 Å². The van der Waals surface area contributed by atoms with Crippen molar-refractivity contribution in [2.24, 2.45) is 17.8 Å². The van der Waals surface area contributed by atoms with Gasteiger partial charge >= 0.3 is 6.11 Å². The first-order valence-corrected chi connectivity index (χ1v) is 16.5. The number of hydrogen-bond acceptors (Lipinski definition) is 1. The van der Waals surface area contributed by atoms with Crippen molar-refractivity contribution < 1.29 is 44.3 Å². The molecular weight excluding hydrogens is 631 g/mol. The predicted octanol–water partition coefficient (Wildman–Crippen LogP) is 12.8. The summed E-state index contributed by atoms with van der Waals surface area (Å²) in [6.45, 7) is 2.23. The Morgan fingerprint density at radius 3 is 1.81 bits per heavy atom. The second-order valence-electron chi connectivity index (χ2n) is 13.2. The molecule has 3 aromatic carbocycles. The molecule has 0 radical (unpaired) electrons. The first kappa shape index (κ1) is 35.1. The summed E-state index contributed by atoms with van der Waals surface area (Å²) in [4.78, 5) is 0. The molecule has 0 heterocycles. The van der Waals surface area contributed by atoms with Crippen molar-refractivity contribution in [3.8, 4) is 16.9 Å². The molecule has 0 bridgehead atoms. The minimum absolute atomic E-state index is 0.0620. The largest absolute Gasteiger partial charge is 0.432 e. The summed E-state index contributed by atoms with van der Waals surface area (Å²) < 4.78 is 132. The van der Waals surface area contributed by atoms with Gasteiger partial charge in [-0.1, -0.05) is 57.6 Å². The van der Waals surface area contributed by atoms with Crippen LogP contribution in [0.2, 0.25) is 0 Å². The first-order valence-electron chi connectivity index (χ1n) is 16.5. The van der Waals surface area contributed by atoms with Crippen LogP contribution in [0.25, 0.3) is 11.1 Å². The smallest absolute Gasteiger partial charge is 0.429 e. The maximum Gasteiger partial charge on any atom is 0.432 e. The maximum atomic E-state index is 15.3. The fourth-order valence-corrected chi connectivity index (χ4v) is 7.61. The number of alkyl halides is 4. The quantitative estimate of drug-likeness (QED) is 0.146. The molecule has 0 N–H and O–H groups in total. The van der Waals surface area contributed by atoms with E-state index in [0.29, 0.717) is 18.1 Å². The minimum Gasteiger partial charge on any atom is -0.429 e. The van der Waals surface area contributed by atoms with Gasteiger partial charge in [-0.25, -0.2) is 30.7 Å². The van der Waals surface area contributed by atoms with Crippen molar-refractivity contribution in [3.05, 3.63) is 88.2 Å². The van der Waals surface area contributed by atoms with Crippen LogP contribution in [-0.2, 0) is 6.11 Å². The van der Waals surface area contributed by atoms with E-state index in [-0.39, 0.29) is 29.2 Å². The summed E-state index contributed by atoms with van der Waals surface area (Å²) in [6.07, 6.45) is 6.02. The number of benzene rings is 3. The van der Waals surface area contributed by atoms with E-state index < -0.39 is 58.5 Å². The van der Waals surface area contributed by atoms with Gasteiger partial charge in [0, 0.05) is 17.7 Å². The monoisotopic (exact) mass is 670 g/mol. The molecule has 0 saturated heterocycles. The zero-order valence-corrected chi connectivity index (χ0v) is 26.2. The third-order valence-electron chi connectivity index (χ3n) is 10.2. The molecule has 256 valence electrons. The summed E-state index contributed by atoms with van der Waals surface area (Å²) in [7, 11) is 0. The highest BCUT2D eigenvalue weighted by Crippen LogP contribution is 2.45. The Bertz CT molecular complexity index is 1480. The topological polar surface area (TPSA) is 9.23 Å². The van der Waals surface area contributed by atoms with E-state index in [1.165, 1.54) is 63.5 Å². The van der Waals surface area contributed by atoms with Crippen LogP contribution in [0, 0.1) is 46.8 Å². The first-order chi connectivity index (χ1) is 22.4. The van der Waals surface area contributed by atoms with Crippen LogP contribution < -0.4 is 4.74 Å². The summed E-state index contributed by atoms with van der Waals surface area (Å²) in [6, 6.07) is 5.54. The highest BCUT2D eigenvalue weighted by molar-refractivity contribution is 5.65. The zero-order valence-electron chi connectivity index (χ0n) is 26.2.